The Morgan fingerprint density at radius 2 is 1.62 bits per heavy atom. The second-order valence-corrected chi connectivity index (χ2v) is 4.94. The molecule has 0 aliphatic rings. The highest BCUT2D eigenvalue weighted by atomic mass is 19.4. The number of ether oxygens (including phenoxy) is 2. The number of alkyl halides is 3. The second kappa shape index (κ2) is 6.82. The fourth-order valence-corrected chi connectivity index (χ4v) is 2.26. The van der Waals surface area contributed by atoms with Crippen molar-refractivity contribution in [2.24, 2.45) is 0 Å². The van der Waals surface area contributed by atoms with Crippen LogP contribution in [0.15, 0.2) is 42.5 Å². The number of rotatable bonds is 4. The van der Waals surface area contributed by atoms with Crippen LogP contribution in [0.3, 0.4) is 0 Å². The minimum Gasteiger partial charge on any atom is -0.497 e. The summed E-state index contributed by atoms with van der Waals surface area (Å²) in [6.45, 7) is 1.32. The van der Waals surface area contributed by atoms with E-state index in [1.165, 1.54) is 38.2 Å². The van der Waals surface area contributed by atoms with Crippen molar-refractivity contribution < 1.29 is 27.4 Å². The molecule has 2 rings (SSSR count). The third-order valence-electron chi connectivity index (χ3n) is 3.39. The van der Waals surface area contributed by atoms with E-state index in [2.05, 4.69) is 0 Å². The molecule has 0 bridgehead atoms. The van der Waals surface area contributed by atoms with Gasteiger partial charge < -0.3 is 9.47 Å². The molecule has 0 aliphatic carbocycles. The van der Waals surface area contributed by atoms with Crippen LogP contribution in [0.4, 0.5) is 24.5 Å². The van der Waals surface area contributed by atoms with Crippen LogP contribution in [0.25, 0.3) is 0 Å². The molecule has 0 N–H and O–H groups in total. The van der Waals surface area contributed by atoms with Gasteiger partial charge in [-0.15, -0.1) is 0 Å². The Morgan fingerprint density at radius 3 is 2.08 bits per heavy atom. The summed E-state index contributed by atoms with van der Waals surface area (Å²) in [7, 11) is 2.91. The van der Waals surface area contributed by atoms with Gasteiger partial charge in [0.15, 0.2) is 0 Å². The van der Waals surface area contributed by atoms with Crippen LogP contribution in [0.2, 0.25) is 0 Å². The van der Waals surface area contributed by atoms with Crippen LogP contribution in [-0.2, 0) is 11.0 Å². The molecule has 0 unspecified atom stereocenters. The summed E-state index contributed by atoms with van der Waals surface area (Å²) in [4.78, 5) is 13.4. The van der Waals surface area contributed by atoms with Gasteiger partial charge in [0.05, 0.1) is 25.5 Å². The zero-order chi connectivity index (χ0) is 17.9. The first kappa shape index (κ1) is 17.7. The van der Waals surface area contributed by atoms with Crippen molar-refractivity contribution in [1.29, 1.82) is 0 Å². The maximum absolute atomic E-state index is 12.7. The van der Waals surface area contributed by atoms with Crippen molar-refractivity contribution in [1.82, 2.24) is 0 Å². The third kappa shape index (κ3) is 3.61. The second-order valence-electron chi connectivity index (χ2n) is 4.94. The van der Waals surface area contributed by atoms with E-state index >= 15 is 0 Å². The van der Waals surface area contributed by atoms with E-state index in [-0.39, 0.29) is 5.91 Å². The number of carbonyl (C=O) groups is 1. The summed E-state index contributed by atoms with van der Waals surface area (Å²) in [5.74, 6) is 0.510. The number of anilines is 2. The minimum atomic E-state index is -4.44. The molecule has 1 amide bonds. The highest BCUT2D eigenvalue weighted by Crippen LogP contribution is 2.38. The summed E-state index contributed by atoms with van der Waals surface area (Å²) in [5, 5.41) is 0. The lowest BCUT2D eigenvalue weighted by molar-refractivity contribution is -0.137. The van der Waals surface area contributed by atoms with Gasteiger partial charge in [0.2, 0.25) is 5.91 Å². The number of benzene rings is 2. The third-order valence-corrected chi connectivity index (χ3v) is 3.39. The van der Waals surface area contributed by atoms with Gasteiger partial charge in [-0.2, -0.15) is 13.2 Å². The number of halogens is 3. The summed E-state index contributed by atoms with van der Waals surface area (Å²) in [6.07, 6.45) is -4.44. The molecule has 2 aromatic rings. The number of nitrogens with zero attached hydrogens (tertiary/aromatic N) is 1. The molecule has 0 saturated carbocycles. The Balaban J connectivity index is 2.53. The van der Waals surface area contributed by atoms with Gasteiger partial charge in [0.25, 0.3) is 0 Å². The first-order valence-corrected chi connectivity index (χ1v) is 6.98. The molecule has 0 saturated heterocycles. The van der Waals surface area contributed by atoms with Crippen LogP contribution < -0.4 is 14.4 Å². The van der Waals surface area contributed by atoms with Gasteiger partial charge in [-0.05, 0) is 36.4 Å². The van der Waals surface area contributed by atoms with E-state index in [0.29, 0.717) is 22.9 Å². The molecule has 0 heterocycles. The number of carbonyl (C=O) groups excluding carboxylic acids is 1. The molecule has 128 valence electrons. The first-order chi connectivity index (χ1) is 11.3. The first-order valence-electron chi connectivity index (χ1n) is 6.98. The van der Waals surface area contributed by atoms with E-state index in [1.807, 2.05) is 0 Å². The highest BCUT2D eigenvalue weighted by molar-refractivity contribution is 6.00. The monoisotopic (exact) mass is 339 g/mol. The predicted molar refractivity (Wildman–Crippen MR) is 83.8 cm³/mol. The lowest BCUT2D eigenvalue weighted by atomic mass is 10.1. The maximum Gasteiger partial charge on any atom is 0.416 e. The maximum atomic E-state index is 12.7. The average molecular weight is 339 g/mol. The Kier molecular flexibility index (Phi) is 5.02. The van der Waals surface area contributed by atoms with Crippen LogP contribution in [0.5, 0.6) is 11.5 Å². The standard InChI is InChI=1S/C17H16F3NO3/c1-11(22)21(13-6-4-12(5-7-13)17(18,19)20)15-10-14(23-2)8-9-16(15)24-3/h4-10H,1-3H3. The van der Waals surface area contributed by atoms with Crippen molar-refractivity contribution in [2.45, 2.75) is 13.1 Å². The number of hydrogen-bond donors (Lipinski definition) is 0. The molecule has 0 radical (unpaired) electrons. The molecule has 2 aromatic carbocycles. The van der Waals surface area contributed by atoms with Gasteiger partial charge in [-0.25, -0.2) is 0 Å². The topological polar surface area (TPSA) is 38.8 Å². The lowest BCUT2D eigenvalue weighted by Gasteiger charge is -2.24. The van der Waals surface area contributed by atoms with Gasteiger partial charge >= 0.3 is 6.18 Å². The highest BCUT2D eigenvalue weighted by Gasteiger charge is 2.30. The minimum absolute atomic E-state index is 0.294. The molecule has 0 atom stereocenters. The van der Waals surface area contributed by atoms with E-state index in [4.69, 9.17) is 9.47 Å². The van der Waals surface area contributed by atoms with Crippen molar-refractivity contribution in [3.63, 3.8) is 0 Å². The molecule has 0 fully saturated rings. The summed E-state index contributed by atoms with van der Waals surface area (Å²) in [6, 6.07) is 9.20. The Hall–Kier alpha value is -2.70. The number of amides is 1. The smallest absolute Gasteiger partial charge is 0.416 e. The molecule has 0 spiro atoms. The van der Waals surface area contributed by atoms with Crippen molar-refractivity contribution in [3.8, 4) is 11.5 Å². The van der Waals surface area contributed by atoms with Crippen LogP contribution in [-0.4, -0.2) is 20.1 Å². The van der Waals surface area contributed by atoms with E-state index < -0.39 is 11.7 Å². The SMILES string of the molecule is COc1ccc(OC)c(N(C(C)=O)c2ccc(C(F)(F)F)cc2)c1. The molecule has 7 heteroatoms. The van der Waals surface area contributed by atoms with Crippen LogP contribution >= 0.6 is 0 Å². The number of methoxy groups -OCH3 is 2. The summed E-state index contributed by atoms with van der Waals surface area (Å²) >= 11 is 0. The van der Waals surface area contributed by atoms with Crippen molar-refractivity contribution >= 4 is 17.3 Å². The largest absolute Gasteiger partial charge is 0.497 e. The Morgan fingerprint density at radius 1 is 1.00 bits per heavy atom. The van der Waals surface area contributed by atoms with Gasteiger partial charge in [-0.1, -0.05) is 0 Å². The molecule has 4 nitrogen and oxygen atoms in total. The zero-order valence-electron chi connectivity index (χ0n) is 13.3. The molecular formula is C17H16F3NO3. The Labute approximate surface area is 137 Å². The van der Waals surface area contributed by atoms with E-state index in [9.17, 15) is 18.0 Å². The van der Waals surface area contributed by atoms with E-state index in [0.717, 1.165) is 12.1 Å². The van der Waals surface area contributed by atoms with E-state index in [1.54, 1.807) is 18.2 Å². The molecular weight excluding hydrogens is 323 g/mol. The van der Waals surface area contributed by atoms with Crippen LogP contribution in [0, 0.1) is 0 Å². The Bertz CT molecular complexity index is 727. The number of hydrogen-bond acceptors (Lipinski definition) is 3. The fourth-order valence-electron chi connectivity index (χ4n) is 2.26. The zero-order valence-corrected chi connectivity index (χ0v) is 13.3. The van der Waals surface area contributed by atoms with Gasteiger partial charge in [0.1, 0.15) is 11.5 Å². The van der Waals surface area contributed by atoms with Crippen molar-refractivity contribution in [2.75, 3.05) is 19.1 Å². The quantitative estimate of drug-likeness (QED) is 0.828. The predicted octanol–water partition coefficient (Wildman–Crippen LogP) is 4.41. The summed E-state index contributed by atoms with van der Waals surface area (Å²) < 4.78 is 48.5. The van der Waals surface area contributed by atoms with Crippen molar-refractivity contribution in [3.05, 3.63) is 48.0 Å². The normalized spacial score (nSPS) is 11.1. The lowest BCUT2D eigenvalue weighted by Crippen LogP contribution is -2.23. The fraction of sp³-hybridized carbons (Fsp3) is 0.235. The van der Waals surface area contributed by atoms with Gasteiger partial charge in [0, 0.05) is 18.7 Å². The van der Waals surface area contributed by atoms with Gasteiger partial charge in [-0.3, -0.25) is 9.69 Å². The average Bonchev–Trinajstić information content (AvgIpc) is 2.54. The van der Waals surface area contributed by atoms with Crippen LogP contribution in [0.1, 0.15) is 12.5 Å². The molecule has 0 aliphatic heterocycles. The molecule has 24 heavy (non-hydrogen) atoms. The summed E-state index contributed by atoms with van der Waals surface area (Å²) in [5.41, 5.74) is -0.112. The molecule has 0 aromatic heterocycles.